The topological polar surface area (TPSA) is 0 Å². The van der Waals surface area contributed by atoms with E-state index in [1.807, 2.05) is 13.0 Å². The molecule has 0 aliphatic heterocycles. The third-order valence-corrected chi connectivity index (χ3v) is 2.94. The van der Waals surface area contributed by atoms with Gasteiger partial charge in [0.2, 0.25) is 0 Å². The summed E-state index contributed by atoms with van der Waals surface area (Å²) in [7, 11) is 0. The van der Waals surface area contributed by atoms with Crippen LogP contribution in [0, 0.1) is 18.6 Å². The molecule has 0 atom stereocenters. The maximum Gasteiger partial charge on any atom is 0.129 e. The van der Waals surface area contributed by atoms with Crippen molar-refractivity contribution in [1.29, 1.82) is 0 Å². The van der Waals surface area contributed by atoms with Gasteiger partial charge in [0.15, 0.2) is 0 Å². The zero-order chi connectivity index (χ0) is 12.4. The van der Waals surface area contributed by atoms with E-state index in [9.17, 15) is 8.78 Å². The summed E-state index contributed by atoms with van der Waals surface area (Å²) in [4.78, 5) is 0. The highest BCUT2D eigenvalue weighted by Gasteiger charge is 2.07. The lowest BCUT2D eigenvalue weighted by molar-refractivity contribution is 0.574. The summed E-state index contributed by atoms with van der Waals surface area (Å²) in [6.45, 7) is 1.94. The normalized spacial score (nSPS) is 10.6. The van der Waals surface area contributed by atoms with Crippen LogP contribution in [-0.2, 0) is 6.42 Å². The van der Waals surface area contributed by atoms with Crippen molar-refractivity contribution in [3.05, 3.63) is 69.7 Å². The smallest absolute Gasteiger partial charge is 0.129 e. The third-order valence-electron chi connectivity index (χ3n) is 2.71. The first-order chi connectivity index (χ1) is 8.06. The Balaban J connectivity index is 2.34. The van der Waals surface area contributed by atoms with Crippen molar-refractivity contribution < 1.29 is 8.78 Å². The van der Waals surface area contributed by atoms with Crippen LogP contribution in [0.1, 0.15) is 16.7 Å². The summed E-state index contributed by atoms with van der Waals surface area (Å²) in [5, 5.41) is 0.619. The van der Waals surface area contributed by atoms with Gasteiger partial charge in [-0.15, -0.1) is 0 Å². The van der Waals surface area contributed by atoms with Crippen LogP contribution < -0.4 is 0 Å². The molecule has 0 unspecified atom stereocenters. The molecule has 0 aliphatic carbocycles. The van der Waals surface area contributed by atoms with E-state index in [4.69, 9.17) is 11.6 Å². The SMILES string of the molecule is Cc1ccc(Cl)cc1Cc1ccc(F)cc1F. The second-order valence-corrected chi connectivity index (χ2v) is 4.42. The van der Waals surface area contributed by atoms with Gasteiger partial charge in [-0.25, -0.2) is 8.78 Å². The minimum absolute atomic E-state index is 0.415. The molecule has 0 saturated heterocycles. The summed E-state index contributed by atoms with van der Waals surface area (Å²) in [5.74, 6) is -1.08. The fourth-order valence-electron chi connectivity index (χ4n) is 1.70. The van der Waals surface area contributed by atoms with Gasteiger partial charge in [0, 0.05) is 17.5 Å². The van der Waals surface area contributed by atoms with Crippen molar-refractivity contribution in [1.82, 2.24) is 0 Å². The molecule has 2 aromatic carbocycles. The highest BCUT2D eigenvalue weighted by atomic mass is 35.5. The van der Waals surface area contributed by atoms with E-state index in [-0.39, 0.29) is 0 Å². The van der Waals surface area contributed by atoms with Gasteiger partial charge in [-0.1, -0.05) is 23.7 Å². The van der Waals surface area contributed by atoms with Crippen LogP contribution in [0.25, 0.3) is 0 Å². The first-order valence-corrected chi connectivity index (χ1v) is 5.63. The first-order valence-electron chi connectivity index (χ1n) is 5.25. The molecule has 0 radical (unpaired) electrons. The van der Waals surface area contributed by atoms with Gasteiger partial charge in [0.1, 0.15) is 11.6 Å². The Labute approximate surface area is 104 Å². The Kier molecular flexibility index (Phi) is 3.43. The minimum Gasteiger partial charge on any atom is -0.207 e. The summed E-state index contributed by atoms with van der Waals surface area (Å²) < 4.78 is 26.3. The van der Waals surface area contributed by atoms with E-state index in [1.54, 1.807) is 12.1 Å². The van der Waals surface area contributed by atoms with Gasteiger partial charge in [-0.05, 0) is 41.8 Å². The molecule has 17 heavy (non-hydrogen) atoms. The molecule has 88 valence electrons. The number of aryl methyl sites for hydroxylation is 1. The van der Waals surface area contributed by atoms with Crippen LogP contribution in [-0.4, -0.2) is 0 Å². The molecule has 0 aliphatic rings. The molecule has 0 nitrogen and oxygen atoms in total. The summed E-state index contributed by atoms with van der Waals surface area (Å²) in [5.41, 5.74) is 2.46. The molecular formula is C14H11ClF2. The second-order valence-electron chi connectivity index (χ2n) is 3.98. The molecule has 0 saturated carbocycles. The highest BCUT2D eigenvalue weighted by Crippen LogP contribution is 2.20. The average Bonchev–Trinajstić information content (AvgIpc) is 2.27. The molecule has 0 bridgehead atoms. The first kappa shape index (κ1) is 12.1. The molecule has 2 rings (SSSR count). The molecule has 3 heteroatoms. The van der Waals surface area contributed by atoms with Crippen LogP contribution in [0.3, 0.4) is 0 Å². The van der Waals surface area contributed by atoms with E-state index in [0.717, 1.165) is 17.2 Å². The Morgan fingerprint density at radius 2 is 1.76 bits per heavy atom. The van der Waals surface area contributed by atoms with Gasteiger partial charge in [0.25, 0.3) is 0 Å². The molecule has 0 N–H and O–H groups in total. The summed E-state index contributed by atoms with van der Waals surface area (Å²) >= 11 is 5.89. The average molecular weight is 253 g/mol. The lowest BCUT2D eigenvalue weighted by Crippen LogP contribution is -1.96. The molecule has 0 amide bonds. The quantitative estimate of drug-likeness (QED) is 0.737. The Morgan fingerprint density at radius 1 is 1.00 bits per heavy atom. The Hall–Kier alpha value is -1.41. The maximum absolute atomic E-state index is 13.5. The zero-order valence-corrected chi connectivity index (χ0v) is 10.1. The maximum atomic E-state index is 13.5. The second kappa shape index (κ2) is 4.84. The van der Waals surface area contributed by atoms with Gasteiger partial charge in [0.05, 0.1) is 0 Å². The molecule has 0 spiro atoms. The van der Waals surface area contributed by atoms with E-state index in [2.05, 4.69) is 0 Å². The van der Waals surface area contributed by atoms with Gasteiger partial charge >= 0.3 is 0 Å². The predicted octanol–water partition coefficient (Wildman–Crippen LogP) is 4.52. The van der Waals surface area contributed by atoms with E-state index < -0.39 is 11.6 Å². The Bertz CT molecular complexity index is 550. The molecular weight excluding hydrogens is 242 g/mol. The number of benzene rings is 2. The molecule has 0 fully saturated rings. The van der Waals surface area contributed by atoms with Gasteiger partial charge in [-0.3, -0.25) is 0 Å². The monoisotopic (exact) mass is 252 g/mol. The number of rotatable bonds is 2. The van der Waals surface area contributed by atoms with Crippen LogP contribution in [0.2, 0.25) is 5.02 Å². The van der Waals surface area contributed by atoms with Gasteiger partial charge < -0.3 is 0 Å². The summed E-state index contributed by atoms with van der Waals surface area (Å²) in [6.07, 6.45) is 0.415. The van der Waals surface area contributed by atoms with Crippen LogP contribution in [0.5, 0.6) is 0 Å². The lowest BCUT2D eigenvalue weighted by atomic mass is 10.0. The van der Waals surface area contributed by atoms with Crippen molar-refractivity contribution >= 4 is 11.6 Å². The number of hydrogen-bond donors (Lipinski definition) is 0. The number of hydrogen-bond acceptors (Lipinski definition) is 0. The lowest BCUT2D eigenvalue weighted by Gasteiger charge is -2.07. The number of halogens is 3. The fraction of sp³-hybridized carbons (Fsp3) is 0.143. The highest BCUT2D eigenvalue weighted by molar-refractivity contribution is 6.30. The largest absolute Gasteiger partial charge is 0.207 e. The minimum atomic E-state index is -0.561. The third kappa shape index (κ3) is 2.83. The van der Waals surface area contributed by atoms with Gasteiger partial charge in [-0.2, -0.15) is 0 Å². The van der Waals surface area contributed by atoms with Crippen LogP contribution >= 0.6 is 11.6 Å². The molecule has 0 aromatic heterocycles. The summed E-state index contributed by atoms with van der Waals surface area (Å²) in [6, 6.07) is 9.11. The standard InChI is InChI=1S/C14H11ClF2/c1-9-2-4-12(15)7-11(9)6-10-3-5-13(16)8-14(10)17/h2-5,7-8H,6H2,1H3. The van der Waals surface area contributed by atoms with Crippen LogP contribution in [0.15, 0.2) is 36.4 Å². The van der Waals surface area contributed by atoms with Crippen molar-refractivity contribution in [3.8, 4) is 0 Å². The van der Waals surface area contributed by atoms with Crippen LogP contribution in [0.4, 0.5) is 8.78 Å². The molecule has 2 aromatic rings. The van der Waals surface area contributed by atoms with Crippen molar-refractivity contribution in [2.75, 3.05) is 0 Å². The van der Waals surface area contributed by atoms with Crippen molar-refractivity contribution in [2.24, 2.45) is 0 Å². The van der Waals surface area contributed by atoms with E-state index in [0.29, 0.717) is 17.0 Å². The zero-order valence-electron chi connectivity index (χ0n) is 9.31. The van der Waals surface area contributed by atoms with E-state index in [1.165, 1.54) is 12.1 Å². The predicted molar refractivity (Wildman–Crippen MR) is 65.4 cm³/mol. The van der Waals surface area contributed by atoms with Crippen molar-refractivity contribution in [3.63, 3.8) is 0 Å². The Morgan fingerprint density at radius 3 is 2.47 bits per heavy atom. The molecule has 0 heterocycles. The fourth-order valence-corrected chi connectivity index (χ4v) is 1.90. The van der Waals surface area contributed by atoms with E-state index >= 15 is 0 Å². The van der Waals surface area contributed by atoms with Crippen molar-refractivity contribution in [2.45, 2.75) is 13.3 Å².